The lowest BCUT2D eigenvalue weighted by Gasteiger charge is -2.30. The fourth-order valence-corrected chi connectivity index (χ4v) is 4.67. The molecule has 2 aliphatic heterocycles. The molecule has 2 heterocycles. The van der Waals surface area contributed by atoms with Crippen LogP contribution in [0.1, 0.15) is 39.0 Å². The lowest BCUT2D eigenvalue weighted by Crippen LogP contribution is -2.41. The summed E-state index contributed by atoms with van der Waals surface area (Å²) in [5, 5.41) is 21.0. The summed E-state index contributed by atoms with van der Waals surface area (Å²) in [5.74, 6) is -0.156. The molecule has 2 saturated heterocycles. The molecule has 0 aromatic heterocycles. The van der Waals surface area contributed by atoms with Gasteiger partial charge in [-0.05, 0) is 57.2 Å². The molecule has 0 aliphatic carbocycles. The summed E-state index contributed by atoms with van der Waals surface area (Å²) in [5.41, 5.74) is 0. The van der Waals surface area contributed by atoms with Crippen LogP contribution in [-0.4, -0.2) is 109 Å². The Kier molecular flexibility index (Phi) is 10.9. The molecule has 29 heavy (non-hydrogen) atoms. The molecule has 3 unspecified atom stereocenters. The van der Waals surface area contributed by atoms with Gasteiger partial charge in [0.05, 0.1) is 13.1 Å². The molecule has 3 N–H and O–H groups in total. The van der Waals surface area contributed by atoms with Crippen LogP contribution in [0.25, 0.3) is 0 Å². The van der Waals surface area contributed by atoms with Gasteiger partial charge >= 0.3 is 11.9 Å². The molecule has 2 bridgehead atoms. The second kappa shape index (κ2) is 13.2. The second-order valence-electron chi connectivity index (χ2n) is 8.73. The minimum absolute atomic E-state index is 0.00236. The van der Waals surface area contributed by atoms with Gasteiger partial charge in [0.25, 0.3) is 0 Å². The van der Waals surface area contributed by atoms with E-state index in [4.69, 9.17) is 5.11 Å². The van der Waals surface area contributed by atoms with Crippen molar-refractivity contribution in [3.05, 3.63) is 0 Å². The molecular weight excluding hydrogens is 372 g/mol. The largest absolute Gasteiger partial charge is 0.480 e. The van der Waals surface area contributed by atoms with Crippen molar-refractivity contribution >= 4 is 11.9 Å². The number of rotatable bonds is 9. The Morgan fingerprint density at radius 1 is 0.966 bits per heavy atom. The van der Waals surface area contributed by atoms with E-state index in [0.717, 1.165) is 64.6 Å². The van der Waals surface area contributed by atoms with Gasteiger partial charge in [-0.3, -0.25) is 14.5 Å². The zero-order chi connectivity index (χ0) is 21.1. The number of fused-ring (bicyclic) bond motifs is 2. The first-order valence-corrected chi connectivity index (χ1v) is 11.3. The Bertz CT molecular complexity index is 505. The Morgan fingerprint density at radius 2 is 1.76 bits per heavy atom. The number of hydrogen-bond donors (Lipinski definition) is 3. The van der Waals surface area contributed by atoms with Gasteiger partial charge in [0.2, 0.25) is 0 Å². The van der Waals surface area contributed by atoms with E-state index in [-0.39, 0.29) is 13.1 Å². The van der Waals surface area contributed by atoms with Crippen LogP contribution in [-0.2, 0) is 9.59 Å². The average molecular weight is 413 g/mol. The molecule has 0 aromatic rings. The maximum atomic E-state index is 11.3. The lowest BCUT2D eigenvalue weighted by atomic mass is 9.96. The molecule has 8 nitrogen and oxygen atoms in total. The molecule has 0 amide bonds. The molecule has 0 aromatic carbocycles. The van der Waals surface area contributed by atoms with Gasteiger partial charge in [0.15, 0.2) is 0 Å². The van der Waals surface area contributed by atoms with E-state index < -0.39 is 11.9 Å². The van der Waals surface area contributed by atoms with Crippen molar-refractivity contribution in [1.82, 2.24) is 20.0 Å². The lowest BCUT2D eigenvalue weighted by molar-refractivity contribution is -0.138. The molecular formula is C21H40N4O4. The van der Waals surface area contributed by atoms with Crippen molar-refractivity contribution in [2.75, 3.05) is 72.0 Å². The van der Waals surface area contributed by atoms with Crippen LogP contribution in [0.15, 0.2) is 0 Å². The minimum atomic E-state index is -0.825. The van der Waals surface area contributed by atoms with Crippen molar-refractivity contribution in [3.63, 3.8) is 0 Å². The Morgan fingerprint density at radius 3 is 2.48 bits per heavy atom. The Labute approximate surface area is 175 Å². The van der Waals surface area contributed by atoms with Crippen molar-refractivity contribution in [2.45, 2.75) is 39.0 Å². The van der Waals surface area contributed by atoms with E-state index in [1.807, 2.05) is 0 Å². The third kappa shape index (κ3) is 9.89. The topological polar surface area (TPSA) is 96.4 Å². The van der Waals surface area contributed by atoms with Crippen LogP contribution in [0.3, 0.4) is 0 Å². The van der Waals surface area contributed by atoms with Crippen LogP contribution >= 0.6 is 0 Å². The number of aliphatic carboxylic acids is 2. The quantitative estimate of drug-likeness (QED) is 0.481. The highest BCUT2D eigenvalue weighted by Gasteiger charge is 2.26. The summed E-state index contributed by atoms with van der Waals surface area (Å²) in [6.07, 6.45) is 5.72. The smallest absolute Gasteiger partial charge is 0.317 e. The summed E-state index contributed by atoms with van der Waals surface area (Å²) >= 11 is 0. The molecule has 2 rings (SSSR count). The molecule has 0 spiro atoms. The first kappa shape index (κ1) is 24.1. The van der Waals surface area contributed by atoms with E-state index in [0.29, 0.717) is 12.5 Å². The van der Waals surface area contributed by atoms with Crippen molar-refractivity contribution in [3.8, 4) is 0 Å². The van der Waals surface area contributed by atoms with Crippen molar-refractivity contribution in [1.29, 1.82) is 0 Å². The van der Waals surface area contributed by atoms with Crippen LogP contribution < -0.4 is 5.32 Å². The van der Waals surface area contributed by atoms with Crippen molar-refractivity contribution in [2.24, 2.45) is 11.8 Å². The number of carbonyl (C=O) groups is 2. The third-order valence-corrected chi connectivity index (χ3v) is 6.25. The summed E-state index contributed by atoms with van der Waals surface area (Å²) in [6.45, 7) is 10.9. The predicted molar refractivity (Wildman–Crippen MR) is 113 cm³/mol. The SMILES string of the molecule is CCC1CCC2CN(CCCNCC(=O)O)CCN(CC(=O)O)CCCN(C1)C2. The van der Waals surface area contributed by atoms with Crippen LogP contribution in [0.5, 0.6) is 0 Å². The number of carboxylic acid groups (broad SMARTS) is 2. The molecule has 0 saturated carbocycles. The van der Waals surface area contributed by atoms with Crippen LogP contribution in [0.4, 0.5) is 0 Å². The maximum absolute atomic E-state index is 11.3. The normalized spacial score (nSPS) is 27.7. The number of carboxylic acids is 2. The van der Waals surface area contributed by atoms with Gasteiger partial charge in [0, 0.05) is 39.3 Å². The number of nitrogens with zero attached hydrogens (tertiary/aromatic N) is 3. The van der Waals surface area contributed by atoms with Gasteiger partial charge in [-0.2, -0.15) is 0 Å². The maximum Gasteiger partial charge on any atom is 0.317 e. The van der Waals surface area contributed by atoms with Gasteiger partial charge < -0.3 is 25.3 Å². The number of hydrogen-bond acceptors (Lipinski definition) is 6. The van der Waals surface area contributed by atoms with Gasteiger partial charge in [-0.15, -0.1) is 0 Å². The van der Waals surface area contributed by atoms with E-state index in [1.165, 1.54) is 25.8 Å². The fraction of sp³-hybridized carbons (Fsp3) is 0.905. The first-order chi connectivity index (χ1) is 14.0. The summed E-state index contributed by atoms with van der Waals surface area (Å²) in [4.78, 5) is 29.1. The standard InChI is InChI=1S/C21H40N4O4/c1-2-18-5-6-19-15-23(8-3-7-22-13-20(26)27)11-12-24(17-21(28)29)9-4-10-25(14-18)16-19/h18-19,22H,2-17H2,1H3,(H,26,27)(H,28,29). The summed E-state index contributed by atoms with van der Waals surface area (Å²) in [6, 6.07) is 0. The fourth-order valence-electron chi connectivity index (χ4n) is 4.67. The third-order valence-electron chi connectivity index (χ3n) is 6.25. The van der Waals surface area contributed by atoms with Crippen molar-refractivity contribution < 1.29 is 19.8 Å². The highest BCUT2D eigenvalue weighted by atomic mass is 16.4. The minimum Gasteiger partial charge on any atom is -0.480 e. The molecule has 168 valence electrons. The highest BCUT2D eigenvalue weighted by molar-refractivity contribution is 5.69. The molecule has 2 aliphatic rings. The van der Waals surface area contributed by atoms with Gasteiger partial charge in [0.1, 0.15) is 0 Å². The molecule has 8 heteroatoms. The van der Waals surface area contributed by atoms with E-state index >= 15 is 0 Å². The molecule has 0 radical (unpaired) electrons. The molecule has 3 atom stereocenters. The average Bonchev–Trinajstić information content (AvgIpc) is 2.87. The summed E-state index contributed by atoms with van der Waals surface area (Å²) < 4.78 is 0. The predicted octanol–water partition coefficient (Wildman–Crippen LogP) is 0.881. The van der Waals surface area contributed by atoms with Gasteiger partial charge in [-0.25, -0.2) is 0 Å². The van der Waals surface area contributed by atoms with E-state index in [9.17, 15) is 14.7 Å². The highest BCUT2D eigenvalue weighted by Crippen LogP contribution is 2.24. The Balaban J connectivity index is 1.97. The number of nitrogens with one attached hydrogen (secondary N) is 1. The van der Waals surface area contributed by atoms with Crippen LogP contribution in [0, 0.1) is 11.8 Å². The second-order valence-corrected chi connectivity index (χ2v) is 8.73. The molecule has 2 fully saturated rings. The summed E-state index contributed by atoms with van der Waals surface area (Å²) in [7, 11) is 0. The van der Waals surface area contributed by atoms with Crippen LogP contribution in [0.2, 0.25) is 0 Å². The monoisotopic (exact) mass is 412 g/mol. The first-order valence-electron chi connectivity index (χ1n) is 11.3. The zero-order valence-electron chi connectivity index (χ0n) is 18.0. The van der Waals surface area contributed by atoms with E-state index in [1.54, 1.807) is 0 Å². The van der Waals surface area contributed by atoms with Gasteiger partial charge in [-0.1, -0.05) is 13.3 Å². The zero-order valence-corrected chi connectivity index (χ0v) is 18.0. The van der Waals surface area contributed by atoms with E-state index in [2.05, 4.69) is 26.9 Å². The Hall–Kier alpha value is -1.22.